The molecule has 4 rings (SSSR count). The highest BCUT2D eigenvalue weighted by Crippen LogP contribution is 2.25. The van der Waals surface area contributed by atoms with Crippen LogP contribution >= 0.6 is 11.3 Å². The quantitative estimate of drug-likeness (QED) is 0.650. The predicted molar refractivity (Wildman–Crippen MR) is 119 cm³/mol. The fourth-order valence-corrected chi connectivity index (χ4v) is 4.58. The summed E-state index contributed by atoms with van der Waals surface area (Å²) in [7, 11) is 0. The molecule has 0 saturated carbocycles. The first-order valence-electron chi connectivity index (χ1n) is 10.1. The van der Waals surface area contributed by atoms with E-state index in [0.29, 0.717) is 6.54 Å². The second-order valence-electron chi connectivity index (χ2n) is 7.46. The molecule has 4 nitrogen and oxygen atoms in total. The molecule has 0 radical (unpaired) electrons. The number of benzene rings is 2. The van der Waals surface area contributed by atoms with Gasteiger partial charge in [-0.2, -0.15) is 0 Å². The van der Waals surface area contributed by atoms with Crippen LogP contribution in [0.3, 0.4) is 0 Å². The molecule has 0 spiro atoms. The van der Waals surface area contributed by atoms with Crippen molar-refractivity contribution >= 4 is 17.2 Å². The predicted octanol–water partition coefficient (Wildman–Crippen LogP) is 3.77. The molecule has 1 amide bonds. The molecule has 1 saturated heterocycles. The molecule has 0 aliphatic carbocycles. The smallest absolute Gasteiger partial charge is 0.234 e. The third-order valence-corrected chi connectivity index (χ3v) is 6.28. The van der Waals surface area contributed by atoms with E-state index < -0.39 is 0 Å². The highest BCUT2D eigenvalue weighted by molar-refractivity contribution is 7.10. The lowest BCUT2D eigenvalue weighted by atomic mass is 10.1. The number of nitrogens with one attached hydrogen (secondary N) is 1. The zero-order valence-corrected chi connectivity index (χ0v) is 17.4. The van der Waals surface area contributed by atoms with Gasteiger partial charge in [0.25, 0.3) is 0 Å². The van der Waals surface area contributed by atoms with Crippen LogP contribution < -0.4 is 5.32 Å². The lowest BCUT2D eigenvalue weighted by Gasteiger charge is -2.34. The summed E-state index contributed by atoms with van der Waals surface area (Å²) >= 11 is 1.68. The van der Waals surface area contributed by atoms with E-state index in [1.807, 2.05) is 24.3 Å². The second kappa shape index (κ2) is 9.83. The summed E-state index contributed by atoms with van der Waals surface area (Å²) in [4.78, 5) is 18.7. The standard InChI is InChI=1S/C24H27N3OS/c28-23(25-24(22-12-7-17-29-22)21-10-5-2-6-11-21)19-27-15-13-26(14-16-27)18-20-8-3-1-4-9-20/h1-12,17,24H,13-16,18-19H2,(H,25,28)/t24-/m0/s1. The van der Waals surface area contributed by atoms with Gasteiger partial charge < -0.3 is 5.32 Å². The number of hydrogen-bond acceptors (Lipinski definition) is 4. The number of piperazine rings is 1. The lowest BCUT2D eigenvalue weighted by molar-refractivity contribution is -0.123. The number of carbonyl (C=O) groups excluding carboxylic acids is 1. The number of amides is 1. The van der Waals surface area contributed by atoms with E-state index >= 15 is 0 Å². The van der Waals surface area contributed by atoms with Crippen molar-refractivity contribution in [2.75, 3.05) is 32.7 Å². The van der Waals surface area contributed by atoms with Crippen LogP contribution in [0.25, 0.3) is 0 Å². The first kappa shape index (κ1) is 19.8. The van der Waals surface area contributed by atoms with Gasteiger partial charge in [0.2, 0.25) is 5.91 Å². The van der Waals surface area contributed by atoms with Crippen LogP contribution in [0.15, 0.2) is 78.2 Å². The van der Waals surface area contributed by atoms with E-state index in [0.717, 1.165) is 43.2 Å². The van der Waals surface area contributed by atoms with E-state index in [2.05, 4.69) is 69.0 Å². The lowest BCUT2D eigenvalue weighted by Crippen LogP contribution is -2.49. The highest BCUT2D eigenvalue weighted by Gasteiger charge is 2.22. The molecule has 2 aromatic carbocycles. The molecule has 1 atom stereocenters. The fourth-order valence-electron chi connectivity index (χ4n) is 3.78. The summed E-state index contributed by atoms with van der Waals surface area (Å²) in [5, 5.41) is 5.31. The number of hydrogen-bond donors (Lipinski definition) is 1. The van der Waals surface area contributed by atoms with E-state index in [1.54, 1.807) is 11.3 Å². The van der Waals surface area contributed by atoms with Crippen molar-refractivity contribution in [1.82, 2.24) is 15.1 Å². The van der Waals surface area contributed by atoms with Crippen molar-refractivity contribution in [3.8, 4) is 0 Å². The Kier molecular flexibility index (Phi) is 6.72. The molecular weight excluding hydrogens is 378 g/mol. The molecule has 0 unspecified atom stereocenters. The first-order valence-corrected chi connectivity index (χ1v) is 11.0. The van der Waals surface area contributed by atoms with Crippen molar-refractivity contribution < 1.29 is 4.79 Å². The Morgan fingerprint density at radius 3 is 2.17 bits per heavy atom. The van der Waals surface area contributed by atoms with Crippen LogP contribution in [-0.4, -0.2) is 48.4 Å². The van der Waals surface area contributed by atoms with Crippen molar-refractivity contribution in [1.29, 1.82) is 0 Å². The van der Waals surface area contributed by atoms with Crippen molar-refractivity contribution in [2.45, 2.75) is 12.6 Å². The molecular formula is C24H27N3OS. The molecule has 2 heterocycles. The van der Waals surface area contributed by atoms with Gasteiger partial charge in [0.05, 0.1) is 12.6 Å². The Morgan fingerprint density at radius 1 is 0.862 bits per heavy atom. The maximum absolute atomic E-state index is 12.8. The minimum Gasteiger partial charge on any atom is -0.343 e. The summed E-state index contributed by atoms with van der Waals surface area (Å²) in [6.45, 7) is 5.28. The third-order valence-electron chi connectivity index (χ3n) is 5.35. The van der Waals surface area contributed by atoms with Gasteiger partial charge in [-0.15, -0.1) is 11.3 Å². The van der Waals surface area contributed by atoms with E-state index in [1.165, 1.54) is 5.56 Å². The van der Waals surface area contributed by atoms with Gasteiger partial charge >= 0.3 is 0 Å². The van der Waals surface area contributed by atoms with E-state index in [9.17, 15) is 4.79 Å². The van der Waals surface area contributed by atoms with Crippen molar-refractivity contribution in [3.63, 3.8) is 0 Å². The summed E-state index contributed by atoms with van der Waals surface area (Å²) < 4.78 is 0. The molecule has 1 N–H and O–H groups in total. The van der Waals surface area contributed by atoms with Crippen LogP contribution in [0, 0.1) is 0 Å². The van der Waals surface area contributed by atoms with Crippen LogP contribution in [0.4, 0.5) is 0 Å². The van der Waals surface area contributed by atoms with Gasteiger partial charge in [-0.1, -0.05) is 66.7 Å². The average Bonchev–Trinajstić information content (AvgIpc) is 3.29. The fraction of sp³-hybridized carbons (Fsp3) is 0.292. The van der Waals surface area contributed by atoms with Gasteiger partial charge in [-0.3, -0.25) is 14.6 Å². The molecule has 1 aromatic heterocycles. The molecule has 3 aromatic rings. The largest absolute Gasteiger partial charge is 0.343 e. The molecule has 1 aliphatic heterocycles. The Labute approximate surface area is 176 Å². The Hall–Kier alpha value is -2.47. The highest BCUT2D eigenvalue weighted by atomic mass is 32.1. The number of rotatable bonds is 7. The summed E-state index contributed by atoms with van der Waals surface area (Å²) in [6, 6.07) is 24.8. The first-order chi connectivity index (χ1) is 14.3. The molecule has 1 aliphatic rings. The minimum absolute atomic E-state index is 0.0805. The maximum atomic E-state index is 12.8. The topological polar surface area (TPSA) is 35.6 Å². The van der Waals surface area contributed by atoms with Gasteiger partial charge in [-0.25, -0.2) is 0 Å². The zero-order valence-electron chi connectivity index (χ0n) is 16.5. The maximum Gasteiger partial charge on any atom is 0.234 e. The Balaban J connectivity index is 1.30. The number of thiophene rings is 1. The van der Waals surface area contributed by atoms with E-state index in [4.69, 9.17) is 0 Å². The van der Waals surface area contributed by atoms with Crippen molar-refractivity contribution in [2.24, 2.45) is 0 Å². The summed E-state index contributed by atoms with van der Waals surface area (Å²) in [5.74, 6) is 0.0868. The molecule has 29 heavy (non-hydrogen) atoms. The van der Waals surface area contributed by atoms with Crippen LogP contribution in [-0.2, 0) is 11.3 Å². The summed E-state index contributed by atoms with van der Waals surface area (Å²) in [6.07, 6.45) is 0. The Morgan fingerprint density at radius 2 is 1.52 bits per heavy atom. The average molecular weight is 406 g/mol. The van der Waals surface area contributed by atoms with Crippen LogP contribution in [0.1, 0.15) is 22.0 Å². The molecule has 1 fully saturated rings. The van der Waals surface area contributed by atoms with Crippen LogP contribution in [0.5, 0.6) is 0 Å². The SMILES string of the molecule is O=C(CN1CCN(Cc2ccccc2)CC1)N[C@@H](c1ccccc1)c1cccs1. The van der Waals surface area contributed by atoms with Crippen molar-refractivity contribution in [3.05, 3.63) is 94.2 Å². The molecule has 5 heteroatoms. The number of carbonyl (C=O) groups is 1. The molecule has 150 valence electrons. The van der Waals surface area contributed by atoms with Gasteiger partial charge in [0.15, 0.2) is 0 Å². The normalized spacial score (nSPS) is 16.4. The van der Waals surface area contributed by atoms with Gasteiger partial charge in [-0.05, 0) is 22.6 Å². The minimum atomic E-state index is -0.0805. The zero-order chi connectivity index (χ0) is 19.9. The number of nitrogens with zero attached hydrogens (tertiary/aromatic N) is 2. The van der Waals surface area contributed by atoms with E-state index in [-0.39, 0.29) is 11.9 Å². The molecule has 0 bridgehead atoms. The second-order valence-corrected chi connectivity index (χ2v) is 8.44. The van der Waals surface area contributed by atoms with Gasteiger partial charge in [0.1, 0.15) is 0 Å². The third kappa shape index (κ3) is 5.54. The Bertz CT molecular complexity index is 875. The summed E-state index contributed by atoms with van der Waals surface area (Å²) in [5.41, 5.74) is 2.47. The monoisotopic (exact) mass is 405 g/mol. The van der Waals surface area contributed by atoms with Gasteiger partial charge in [0, 0.05) is 37.6 Å². The van der Waals surface area contributed by atoms with Crippen LogP contribution in [0.2, 0.25) is 0 Å².